The number of ether oxygens (including phenoxy) is 1. The second-order valence-electron chi connectivity index (χ2n) is 5.59. The predicted molar refractivity (Wildman–Crippen MR) is 78.2 cm³/mol. The van der Waals surface area contributed by atoms with Crippen LogP contribution in [0.1, 0.15) is 18.4 Å². The summed E-state index contributed by atoms with van der Waals surface area (Å²) in [6, 6.07) is 4.46. The van der Waals surface area contributed by atoms with Crippen molar-refractivity contribution in [2.45, 2.75) is 31.4 Å². The Bertz CT molecular complexity index is 582. The molecule has 6 heteroatoms. The molecule has 0 spiro atoms. The van der Waals surface area contributed by atoms with Crippen LogP contribution in [0.15, 0.2) is 18.2 Å². The number of rotatable bonds is 2. The van der Waals surface area contributed by atoms with Crippen molar-refractivity contribution in [3.8, 4) is 5.75 Å². The van der Waals surface area contributed by atoms with Gasteiger partial charge < -0.3 is 9.64 Å². The Labute approximate surface area is 125 Å². The molecule has 2 aliphatic rings. The lowest BCUT2D eigenvalue weighted by molar-refractivity contribution is -0.138. The first-order valence-corrected chi connectivity index (χ1v) is 8.60. The fourth-order valence-electron chi connectivity index (χ4n) is 2.93. The summed E-state index contributed by atoms with van der Waals surface area (Å²) in [7, 11) is 1.03. The normalized spacial score (nSPS) is 27.8. The molecule has 1 fully saturated rings. The molecule has 3 rings (SSSR count). The van der Waals surface area contributed by atoms with E-state index in [-0.39, 0.29) is 17.8 Å². The van der Waals surface area contributed by atoms with Gasteiger partial charge in [0.05, 0.1) is 0 Å². The first-order valence-electron chi connectivity index (χ1n) is 7.11. The van der Waals surface area contributed by atoms with E-state index in [1.54, 1.807) is 18.0 Å². The summed E-state index contributed by atoms with van der Waals surface area (Å²) in [4.78, 5) is 14.2. The van der Waals surface area contributed by atoms with Crippen LogP contribution in [0.5, 0.6) is 5.75 Å². The highest BCUT2D eigenvalue weighted by Gasteiger charge is 2.34. The molecule has 114 valence electrons. The largest absolute Gasteiger partial charge is 0.480 e. The number of fused-ring (bicyclic) bond motifs is 1. The lowest BCUT2D eigenvalue weighted by atomic mass is 10.1. The standard InChI is InChI=1S/C15H18FNO3S/c1-17(12-4-6-21(19)7-5-12)15(18)14-9-10-8-11(16)2-3-13(10)20-14/h2-3,8,12,14H,4-7,9H2,1H3. The minimum Gasteiger partial charge on any atom is -0.480 e. The van der Waals surface area contributed by atoms with Crippen molar-refractivity contribution in [2.75, 3.05) is 18.6 Å². The van der Waals surface area contributed by atoms with E-state index in [0.29, 0.717) is 23.7 Å². The molecule has 0 bridgehead atoms. The molecule has 1 aromatic carbocycles. The van der Waals surface area contributed by atoms with Crippen molar-refractivity contribution in [3.63, 3.8) is 0 Å². The van der Waals surface area contributed by atoms with Gasteiger partial charge in [0.25, 0.3) is 5.91 Å². The van der Waals surface area contributed by atoms with Crippen LogP contribution < -0.4 is 4.74 Å². The van der Waals surface area contributed by atoms with Gasteiger partial charge >= 0.3 is 0 Å². The Morgan fingerprint density at radius 1 is 1.38 bits per heavy atom. The monoisotopic (exact) mass is 311 g/mol. The second kappa shape index (κ2) is 5.75. The van der Waals surface area contributed by atoms with Crippen molar-refractivity contribution in [3.05, 3.63) is 29.6 Å². The average Bonchev–Trinajstić information content (AvgIpc) is 2.89. The third-order valence-corrected chi connectivity index (χ3v) is 5.61. The van der Waals surface area contributed by atoms with Gasteiger partial charge in [-0.15, -0.1) is 0 Å². The van der Waals surface area contributed by atoms with Crippen molar-refractivity contribution in [1.82, 2.24) is 4.90 Å². The number of halogens is 1. The van der Waals surface area contributed by atoms with E-state index >= 15 is 0 Å². The number of likely N-dealkylation sites (N-methyl/N-ethyl adjacent to an activating group) is 1. The molecule has 0 radical (unpaired) electrons. The van der Waals surface area contributed by atoms with Crippen LogP contribution >= 0.6 is 0 Å². The van der Waals surface area contributed by atoms with Gasteiger partial charge in [0.15, 0.2) is 6.10 Å². The summed E-state index contributed by atoms with van der Waals surface area (Å²) in [6.07, 6.45) is 1.38. The van der Waals surface area contributed by atoms with Crippen LogP contribution in [0.25, 0.3) is 0 Å². The van der Waals surface area contributed by atoms with E-state index in [1.165, 1.54) is 12.1 Å². The molecule has 0 N–H and O–H groups in total. The molecule has 1 aromatic rings. The van der Waals surface area contributed by atoms with Crippen LogP contribution in [-0.2, 0) is 22.0 Å². The quantitative estimate of drug-likeness (QED) is 0.831. The maximum atomic E-state index is 13.2. The maximum Gasteiger partial charge on any atom is 0.263 e. The number of benzene rings is 1. The smallest absolute Gasteiger partial charge is 0.263 e. The van der Waals surface area contributed by atoms with E-state index in [1.807, 2.05) is 0 Å². The van der Waals surface area contributed by atoms with Gasteiger partial charge in [-0.05, 0) is 31.0 Å². The zero-order valence-corrected chi connectivity index (χ0v) is 12.7. The first kappa shape index (κ1) is 14.5. The van der Waals surface area contributed by atoms with Crippen LogP contribution in [0, 0.1) is 5.82 Å². The molecule has 21 heavy (non-hydrogen) atoms. The van der Waals surface area contributed by atoms with Gasteiger partial charge in [0, 0.05) is 47.4 Å². The Morgan fingerprint density at radius 2 is 2.10 bits per heavy atom. The fraction of sp³-hybridized carbons (Fsp3) is 0.533. The summed E-state index contributed by atoms with van der Waals surface area (Å²) in [6.45, 7) is 0. The lowest BCUT2D eigenvalue weighted by Crippen LogP contribution is -2.46. The molecule has 0 aromatic heterocycles. The molecule has 0 aliphatic carbocycles. The summed E-state index contributed by atoms with van der Waals surface area (Å²) in [5.41, 5.74) is 0.742. The van der Waals surface area contributed by atoms with Crippen molar-refractivity contribution in [2.24, 2.45) is 0 Å². The minimum absolute atomic E-state index is 0.0794. The predicted octanol–water partition coefficient (Wildman–Crippen LogP) is 1.50. The Hall–Kier alpha value is -1.43. The Kier molecular flexibility index (Phi) is 3.97. The van der Waals surface area contributed by atoms with E-state index < -0.39 is 16.9 Å². The van der Waals surface area contributed by atoms with Gasteiger partial charge in [-0.2, -0.15) is 0 Å². The molecule has 2 heterocycles. The zero-order chi connectivity index (χ0) is 15.0. The molecular weight excluding hydrogens is 293 g/mol. The summed E-state index contributed by atoms with van der Waals surface area (Å²) in [5.74, 6) is 1.50. The number of amides is 1. The summed E-state index contributed by atoms with van der Waals surface area (Å²) in [5, 5.41) is 0. The maximum absolute atomic E-state index is 13.2. The van der Waals surface area contributed by atoms with Crippen molar-refractivity contribution >= 4 is 16.7 Å². The van der Waals surface area contributed by atoms with Crippen molar-refractivity contribution < 1.29 is 18.1 Å². The van der Waals surface area contributed by atoms with Crippen LogP contribution in [0.3, 0.4) is 0 Å². The second-order valence-corrected chi connectivity index (χ2v) is 7.29. The molecule has 4 nitrogen and oxygen atoms in total. The van der Waals surface area contributed by atoms with Gasteiger partial charge in [0.2, 0.25) is 0 Å². The van der Waals surface area contributed by atoms with Gasteiger partial charge in [-0.25, -0.2) is 4.39 Å². The highest BCUT2D eigenvalue weighted by Crippen LogP contribution is 2.30. The van der Waals surface area contributed by atoms with Crippen LogP contribution in [-0.4, -0.2) is 45.7 Å². The van der Waals surface area contributed by atoms with E-state index in [4.69, 9.17) is 4.74 Å². The molecule has 1 atom stereocenters. The number of carbonyl (C=O) groups excluding carboxylic acids is 1. The molecule has 2 aliphatic heterocycles. The van der Waals surface area contributed by atoms with Crippen LogP contribution in [0.4, 0.5) is 4.39 Å². The lowest BCUT2D eigenvalue weighted by Gasteiger charge is -2.32. The van der Waals surface area contributed by atoms with E-state index in [2.05, 4.69) is 0 Å². The molecule has 0 saturated carbocycles. The molecule has 1 unspecified atom stereocenters. The minimum atomic E-state index is -0.739. The first-order chi connectivity index (χ1) is 10.0. The zero-order valence-electron chi connectivity index (χ0n) is 11.9. The van der Waals surface area contributed by atoms with E-state index in [0.717, 1.165) is 18.4 Å². The van der Waals surface area contributed by atoms with Gasteiger partial charge in [0.1, 0.15) is 11.6 Å². The number of nitrogens with zero attached hydrogens (tertiary/aromatic N) is 1. The topological polar surface area (TPSA) is 46.6 Å². The molecular formula is C15H18FNO3S. The molecule has 1 saturated heterocycles. The number of carbonyl (C=O) groups is 1. The Balaban J connectivity index is 1.65. The van der Waals surface area contributed by atoms with Gasteiger partial charge in [-0.1, -0.05) is 0 Å². The fourth-order valence-corrected chi connectivity index (χ4v) is 4.20. The van der Waals surface area contributed by atoms with Crippen LogP contribution in [0.2, 0.25) is 0 Å². The highest BCUT2D eigenvalue weighted by molar-refractivity contribution is 7.85. The summed E-state index contributed by atoms with van der Waals surface area (Å²) < 4.78 is 30.2. The summed E-state index contributed by atoms with van der Waals surface area (Å²) >= 11 is 0. The Morgan fingerprint density at radius 3 is 2.81 bits per heavy atom. The third kappa shape index (κ3) is 2.95. The van der Waals surface area contributed by atoms with E-state index in [9.17, 15) is 13.4 Å². The third-order valence-electron chi connectivity index (χ3n) is 4.23. The number of hydrogen-bond donors (Lipinski definition) is 0. The molecule has 1 amide bonds. The highest BCUT2D eigenvalue weighted by atomic mass is 32.2. The average molecular weight is 311 g/mol. The SMILES string of the molecule is CN(C(=O)C1Cc2cc(F)ccc2O1)C1CCS(=O)CC1. The number of hydrogen-bond acceptors (Lipinski definition) is 3. The van der Waals surface area contributed by atoms with Gasteiger partial charge in [-0.3, -0.25) is 9.00 Å². The van der Waals surface area contributed by atoms with Crippen molar-refractivity contribution in [1.29, 1.82) is 0 Å².